The molecule has 0 saturated carbocycles. The summed E-state index contributed by atoms with van der Waals surface area (Å²) in [4.78, 5) is 4.59. The second-order valence-electron chi connectivity index (χ2n) is 4.32. The van der Waals surface area contributed by atoms with E-state index in [9.17, 15) is 0 Å². The summed E-state index contributed by atoms with van der Waals surface area (Å²) in [6.45, 7) is 7.13. The van der Waals surface area contributed by atoms with E-state index in [0.29, 0.717) is 0 Å². The van der Waals surface area contributed by atoms with Crippen molar-refractivity contribution in [1.82, 2.24) is 10.3 Å². The van der Waals surface area contributed by atoms with Crippen molar-refractivity contribution in [3.63, 3.8) is 0 Å². The number of aryl methyl sites for hydroxylation is 2. The minimum Gasteiger partial charge on any atom is -0.305 e. The van der Waals surface area contributed by atoms with Gasteiger partial charge in [-0.05, 0) is 43.7 Å². The highest BCUT2D eigenvalue weighted by atomic mass is 35.5. The molecule has 96 valence electrons. The van der Waals surface area contributed by atoms with Crippen LogP contribution in [0.15, 0.2) is 23.6 Å². The summed E-state index contributed by atoms with van der Waals surface area (Å²) in [7, 11) is 0. The maximum absolute atomic E-state index is 6.02. The van der Waals surface area contributed by atoms with Crippen molar-refractivity contribution in [3.05, 3.63) is 50.4 Å². The van der Waals surface area contributed by atoms with Crippen LogP contribution in [-0.2, 0) is 0 Å². The summed E-state index contributed by atoms with van der Waals surface area (Å²) in [6.07, 6.45) is 0. The Bertz CT molecular complexity index is 536. The molecule has 0 bridgehead atoms. The molecule has 2 nitrogen and oxygen atoms in total. The van der Waals surface area contributed by atoms with Crippen molar-refractivity contribution in [2.45, 2.75) is 26.8 Å². The molecule has 0 spiro atoms. The van der Waals surface area contributed by atoms with E-state index in [4.69, 9.17) is 11.6 Å². The van der Waals surface area contributed by atoms with Crippen LogP contribution in [-0.4, -0.2) is 11.5 Å². The summed E-state index contributed by atoms with van der Waals surface area (Å²) in [5, 5.41) is 7.47. The molecule has 0 saturated heterocycles. The second-order valence-corrected chi connectivity index (χ2v) is 5.64. The average Bonchev–Trinajstić information content (AvgIpc) is 2.73. The van der Waals surface area contributed by atoms with Gasteiger partial charge in [-0.1, -0.05) is 24.6 Å². The molecule has 0 amide bonds. The number of hydrogen-bond acceptors (Lipinski definition) is 3. The molecular formula is C14H17ClN2S. The molecule has 0 aliphatic carbocycles. The van der Waals surface area contributed by atoms with E-state index in [0.717, 1.165) is 22.3 Å². The fraction of sp³-hybridized carbons (Fsp3) is 0.357. The van der Waals surface area contributed by atoms with E-state index in [1.807, 2.05) is 19.1 Å². The summed E-state index contributed by atoms with van der Waals surface area (Å²) in [5.41, 5.74) is 3.52. The molecule has 2 aromatic rings. The number of nitrogens with zero attached hydrogens (tertiary/aromatic N) is 1. The highest BCUT2D eigenvalue weighted by molar-refractivity contribution is 7.09. The lowest BCUT2D eigenvalue weighted by molar-refractivity contribution is 0.623. The van der Waals surface area contributed by atoms with Gasteiger partial charge in [0.15, 0.2) is 0 Å². The smallest absolute Gasteiger partial charge is 0.114 e. The van der Waals surface area contributed by atoms with Crippen LogP contribution in [0.25, 0.3) is 0 Å². The number of aromatic nitrogens is 1. The van der Waals surface area contributed by atoms with Crippen LogP contribution in [0, 0.1) is 13.8 Å². The summed E-state index contributed by atoms with van der Waals surface area (Å²) in [6, 6.07) is 6.18. The van der Waals surface area contributed by atoms with Crippen LogP contribution in [0.4, 0.5) is 0 Å². The Balaban J connectivity index is 2.41. The predicted octanol–water partition coefficient (Wildman–Crippen LogP) is 4.11. The summed E-state index contributed by atoms with van der Waals surface area (Å²) in [5.74, 6) is 0. The summed E-state index contributed by atoms with van der Waals surface area (Å²) >= 11 is 7.71. The van der Waals surface area contributed by atoms with Crippen molar-refractivity contribution in [1.29, 1.82) is 0 Å². The zero-order chi connectivity index (χ0) is 13.1. The second kappa shape index (κ2) is 5.83. The van der Waals surface area contributed by atoms with Gasteiger partial charge in [-0.3, -0.25) is 0 Å². The zero-order valence-corrected chi connectivity index (χ0v) is 12.4. The largest absolute Gasteiger partial charge is 0.305 e. The van der Waals surface area contributed by atoms with Gasteiger partial charge in [0, 0.05) is 16.1 Å². The molecule has 2 rings (SSSR count). The van der Waals surface area contributed by atoms with Gasteiger partial charge in [-0.25, -0.2) is 4.98 Å². The van der Waals surface area contributed by atoms with Crippen molar-refractivity contribution in [2.75, 3.05) is 6.54 Å². The van der Waals surface area contributed by atoms with Crippen LogP contribution < -0.4 is 5.32 Å². The Hall–Kier alpha value is -0.900. The first-order valence-electron chi connectivity index (χ1n) is 6.03. The van der Waals surface area contributed by atoms with Crippen LogP contribution >= 0.6 is 22.9 Å². The number of benzene rings is 1. The van der Waals surface area contributed by atoms with Crippen LogP contribution in [0.3, 0.4) is 0 Å². The van der Waals surface area contributed by atoms with Gasteiger partial charge in [-0.2, -0.15) is 0 Å². The number of nitrogens with one attached hydrogen (secondary N) is 1. The van der Waals surface area contributed by atoms with Crippen molar-refractivity contribution in [2.24, 2.45) is 0 Å². The molecule has 1 unspecified atom stereocenters. The van der Waals surface area contributed by atoms with E-state index in [1.54, 1.807) is 11.3 Å². The highest BCUT2D eigenvalue weighted by Crippen LogP contribution is 2.28. The molecule has 1 aromatic carbocycles. The van der Waals surface area contributed by atoms with Gasteiger partial charge in [0.05, 0.1) is 6.04 Å². The molecule has 1 heterocycles. The van der Waals surface area contributed by atoms with Crippen molar-refractivity contribution < 1.29 is 0 Å². The Morgan fingerprint density at radius 2 is 2.17 bits per heavy atom. The highest BCUT2D eigenvalue weighted by Gasteiger charge is 2.18. The van der Waals surface area contributed by atoms with E-state index in [2.05, 4.69) is 35.6 Å². The van der Waals surface area contributed by atoms with Gasteiger partial charge >= 0.3 is 0 Å². The van der Waals surface area contributed by atoms with E-state index >= 15 is 0 Å². The number of rotatable bonds is 4. The molecular weight excluding hydrogens is 264 g/mol. The minimum absolute atomic E-state index is 0.158. The molecule has 0 aliphatic rings. The Kier molecular flexibility index (Phi) is 4.38. The summed E-state index contributed by atoms with van der Waals surface area (Å²) < 4.78 is 0. The fourth-order valence-electron chi connectivity index (χ4n) is 2.00. The Morgan fingerprint density at radius 3 is 2.72 bits per heavy atom. The minimum atomic E-state index is 0.158. The van der Waals surface area contributed by atoms with Gasteiger partial charge in [0.1, 0.15) is 5.01 Å². The van der Waals surface area contributed by atoms with Crippen molar-refractivity contribution >= 4 is 22.9 Å². The van der Waals surface area contributed by atoms with Crippen molar-refractivity contribution in [3.8, 4) is 0 Å². The van der Waals surface area contributed by atoms with Crippen LogP contribution in [0.2, 0.25) is 5.02 Å². The fourth-order valence-corrected chi connectivity index (χ4v) is 3.12. The lowest BCUT2D eigenvalue weighted by Crippen LogP contribution is -2.22. The van der Waals surface area contributed by atoms with Gasteiger partial charge in [0.25, 0.3) is 0 Å². The topological polar surface area (TPSA) is 24.9 Å². The maximum atomic E-state index is 6.02. The van der Waals surface area contributed by atoms with Gasteiger partial charge in [-0.15, -0.1) is 11.3 Å². The number of hydrogen-bond donors (Lipinski definition) is 1. The third kappa shape index (κ3) is 2.91. The molecule has 1 atom stereocenters. The lowest BCUT2D eigenvalue weighted by atomic mass is 10.0. The zero-order valence-electron chi connectivity index (χ0n) is 10.8. The third-order valence-corrected chi connectivity index (χ3v) is 4.10. The maximum Gasteiger partial charge on any atom is 0.114 e. The third-order valence-electron chi connectivity index (χ3n) is 2.83. The lowest BCUT2D eigenvalue weighted by Gasteiger charge is -2.18. The first-order chi connectivity index (χ1) is 8.61. The SMILES string of the molecule is CCNC(c1nc(C)cs1)c1ccc(Cl)cc1C. The molecule has 1 N–H and O–H groups in total. The number of halogens is 1. The van der Waals surface area contributed by atoms with Crippen LogP contribution in [0.5, 0.6) is 0 Å². The first kappa shape index (κ1) is 13.5. The predicted molar refractivity (Wildman–Crippen MR) is 78.6 cm³/mol. The normalized spacial score (nSPS) is 12.7. The Labute approximate surface area is 117 Å². The molecule has 0 aliphatic heterocycles. The van der Waals surface area contributed by atoms with Gasteiger partial charge in [0.2, 0.25) is 0 Å². The van der Waals surface area contributed by atoms with E-state index in [-0.39, 0.29) is 6.04 Å². The first-order valence-corrected chi connectivity index (χ1v) is 7.29. The van der Waals surface area contributed by atoms with Crippen LogP contribution in [0.1, 0.15) is 34.8 Å². The quantitative estimate of drug-likeness (QED) is 0.912. The molecule has 18 heavy (non-hydrogen) atoms. The molecule has 1 aromatic heterocycles. The standard InChI is InChI=1S/C14H17ClN2S/c1-4-16-13(14-17-10(3)8-18-14)12-6-5-11(15)7-9(12)2/h5-8,13,16H,4H2,1-3H3. The van der Waals surface area contributed by atoms with E-state index in [1.165, 1.54) is 11.1 Å². The molecule has 0 radical (unpaired) electrons. The Morgan fingerprint density at radius 1 is 1.39 bits per heavy atom. The molecule has 4 heteroatoms. The van der Waals surface area contributed by atoms with E-state index < -0.39 is 0 Å². The van der Waals surface area contributed by atoms with Gasteiger partial charge < -0.3 is 5.32 Å². The molecule has 0 fully saturated rings. The number of thiazole rings is 1. The monoisotopic (exact) mass is 280 g/mol. The average molecular weight is 281 g/mol.